The number of benzene rings is 1. The number of aliphatic carboxylic acids is 1. The van der Waals surface area contributed by atoms with Crippen molar-refractivity contribution in [3.63, 3.8) is 0 Å². The first kappa shape index (κ1) is 17.9. The molecule has 0 saturated heterocycles. The van der Waals surface area contributed by atoms with Gasteiger partial charge >= 0.3 is 5.97 Å². The van der Waals surface area contributed by atoms with E-state index in [1.165, 1.54) is 11.8 Å². The summed E-state index contributed by atoms with van der Waals surface area (Å²) in [6.45, 7) is 4.23. The Hall–Kier alpha value is -1.20. The van der Waals surface area contributed by atoms with Crippen LogP contribution in [0.1, 0.15) is 19.4 Å². The maximum Gasteiger partial charge on any atom is 0.313 e. The van der Waals surface area contributed by atoms with Gasteiger partial charge in [-0.3, -0.25) is 9.59 Å². The molecule has 0 radical (unpaired) electrons. The molecule has 0 heterocycles. The van der Waals surface area contributed by atoms with E-state index in [1.807, 2.05) is 32.0 Å². The Bertz CT molecular complexity index is 505. The second-order valence-electron chi connectivity index (χ2n) is 5.39. The number of hydrogen-bond donors (Lipinski definition) is 2. The highest BCUT2D eigenvalue weighted by molar-refractivity contribution is 7.99. The monoisotopic (exact) mass is 329 g/mol. The Morgan fingerprint density at radius 3 is 2.71 bits per heavy atom. The minimum Gasteiger partial charge on any atom is -0.481 e. The van der Waals surface area contributed by atoms with Gasteiger partial charge in [-0.2, -0.15) is 0 Å². The van der Waals surface area contributed by atoms with Crippen LogP contribution in [0.25, 0.3) is 0 Å². The number of carboxylic acid groups (broad SMARTS) is 1. The number of amides is 1. The van der Waals surface area contributed by atoms with Crippen molar-refractivity contribution in [2.75, 3.05) is 18.1 Å². The van der Waals surface area contributed by atoms with Crippen LogP contribution in [0.2, 0.25) is 5.02 Å². The van der Waals surface area contributed by atoms with Crippen molar-refractivity contribution in [2.24, 2.45) is 5.41 Å². The summed E-state index contributed by atoms with van der Waals surface area (Å²) >= 11 is 7.23. The van der Waals surface area contributed by atoms with Crippen LogP contribution >= 0.6 is 23.4 Å². The first-order valence-corrected chi connectivity index (χ1v) is 8.17. The zero-order valence-corrected chi connectivity index (χ0v) is 13.8. The van der Waals surface area contributed by atoms with E-state index >= 15 is 0 Å². The zero-order chi connectivity index (χ0) is 15.9. The van der Waals surface area contributed by atoms with Gasteiger partial charge in [0.1, 0.15) is 0 Å². The fraction of sp³-hybridized carbons (Fsp3) is 0.467. The van der Waals surface area contributed by atoms with Gasteiger partial charge in [0.15, 0.2) is 0 Å². The zero-order valence-electron chi connectivity index (χ0n) is 12.2. The summed E-state index contributed by atoms with van der Waals surface area (Å²) in [6.07, 6.45) is 0.599. The van der Waals surface area contributed by atoms with E-state index in [9.17, 15) is 9.59 Å². The number of hydrogen-bond acceptors (Lipinski definition) is 3. The van der Waals surface area contributed by atoms with Crippen molar-refractivity contribution in [3.8, 4) is 0 Å². The van der Waals surface area contributed by atoms with Gasteiger partial charge in [0.2, 0.25) is 5.91 Å². The Kier molecular flexibility index (Phi) is 7.05. The molecule has 0 aliphatic rings. The van der Waals surface area contributed by atoms with E-state index in [-0.39, 0.29) is 11.7 Å². The van der Waals surface area contributed by atoms with Crippen molar-refractivity contribution in [3.05, 3.63) is 34.9 Å². The molecule has 116 valence electrons. The molecule has 0 fully saturated rings. The third kappa shape index (κ3) is 6.87. The fourth-order valence-electron chi connectivity index (χ4n) is 1.87. The van der Waals surface area contributed by atoms with E-state index < -0.39 is 11.4 Å². The number of carbonyl (C=O) groups is 2. The molecule has 0 aromatic heterocycles. The quantitative estimate of drug-likeness (QED) is 0.720. The van der Waals surface area contributed by atoms with E-state index in [4.69, 9.17) is 16.7 Å². The lowest BCUT2D eigenvalue weighted by molar-refractivity contribution is -0.134. The molecule has 1 amide bonds. The average molecular weight is 330 g/mol. The molecule has 21 heavy (non-hydrogen) atoms. The molecule has 0 saturated carbocycles. The van der Waals surface area contributed by atoms with Gasteiger partial charge in [-0.05, 0) is 24.1 Å². The second-order valence-corrected chi connectivity index (χ2v) is 6.93. The van der Waals surface area contributed by atoms with Crippen LogP contribution in [0.15, 0.2) is 24.3 Å². The lowest BCUT2D eigenvalue weighted by atomic mass is 9.85. The summed E-state index contributed by atoms with van der Waals surface area (Å²) < 4.78 is 0. The molecule has 0 spiro atoms. The third-order valence-electron chi connectivity index (χ3n) is 2.91. The van der Waals surface area contributed by atoms with Gasteiger partial charge in [-0.15, -0.1) is 11.8 Å². The van der Waals surface area contributed by atoms with Crippen LogP contribution in [0.4, 0.5) is 0 Å². The van der Waals surface area contributed by atoms with E-state index in [0.717, 1.165) is 5.56 Å². The number of carbonyl (C=O) groups excluding carboxylic acids is 1. The van der Waals surface area contributed by atoms with Crippen LogP contribution in [-0.2, 0) is 16.0 Å². The molecular formula is C15H20ClNO3S. The van der Waals surface area contributed by atoms with Crippen LogP contribution in [0, 0.1) is 5.41 Å². The van der Waals surface area contributed by atoms with Gasteiger partial charge in [-0.25, -0.2) is 0 Å². The highest BCUT2D eigenvalue weighted by atomic mass is 35.5. The van der Waals surface area contributed by atoms with Crippen LogP contribution in [-0.4, -0.2) is 35.0 Å². The van der Waals surface area contributed by atoms with Gasteiger partial charge in [-0.1, -0.05) is 37.6 Å². The Balaban J connectivity index is 2.42. The maximum absolute atomic E-state index is 12.2. The summed E-state index contributed by atoms with van der Waals surface area (Å²) in [5.74, 6) is -0.237. The van der Waals surface area contributed by atoms with Crippen molar-refractivity contribution in [2.45, 2.75) is 20.3 Å². The normalized spacial score (nSPS) is 11.2. The first-order chi connectivity index (χ1) is 9.81. The van der Waals surface area contributed by atoms with Gasteiger partial charge in [0.25, 0.3) is 0 Å². The van der Waals surface area contributed by atoms with Crippen molar-refractivity contribution in [1.82, 2.24) is 5.32 Å². The minimum atomic E-state index is -0.840. The standard InChI is InChI=1S/C15H20ClNO3S/c1-15(2,9-11-4-3-5-12(16)8-11)14(20)17-6-7-21-10-13(18)19/h3-5,8H,6-7,9-10H2,1-2H3,(H,17,20)(H,18,19). The fourth-order valence-corrected chi connectivity index (χ4v) is 2.65. The van der Waals surface area contributed by atoms with Gasteiger partial charge < -0.3 is 10.4 Å². The van der Waals surface area contributed by atoms with Gasteiger partial charge in [0, 0.05) is 22.7 Å². The summed E-state index contributed by atoms with van der Waals surface area (Å²) in [5.41, 5.74) is 0.477. The molecule has 1 aromatic carbocycles. The number of carboxylic acids is 1. The topological polar surface area (TPSA) is 66.4 Å². The first-order valence-electron chi connectivity index (χ1n) is 6.63. The highest BCUT2D eigenvalue weighted by Gasteiger charge is 2.27. The average Bonchev–Trinajstić information content (AvgIpc) is 2.37. The molecule has 4 nitrogen and oxygen atoms in total. The number of thioether (sulfide) groups is 1. The molecule has 0 bridgehead atoms. The number of nitrogens with one attached hydrogen (secondary N) is 1. The van der Waals surface area contributed by atoms with Crippen molar-refractivity contribution >= 4 is 35.2 Å². The van der Waals surface area contributed by atoms with E-state index in [0.29, 0.717) is 23.7 Å². The maximum atomic E-state index is 12.2. The van der Waals surface area contributed by atoms with Crippen LogP contribution < -0.4 is 5.32 Å². The predicted octanol–water partition coefficient (Wildman–Crippen LogP) is 2.84. The SMILES string of the molecule is CC(C)(Cc1cccc(Cl)c1)C(=O)NCCSCC(=O)O. The van der Waals surface area contributed by atoms with Crippen molar-refractivity contribution < 1.29 is 14.7 Å². The van der Waals surface area contributed by atoms with Crippen molar-refractivity contribution in [1.29, 1.82) is 0 Å². The molecule has 0 unspecified atom stereocenters. The predicted molar refractivity (Wildman–Crippen MR) is 86.9 cm³/mol. The van der Waals surface area contributed by atoms with E-state index in [1.54, 1.807) is 6.07 Å². The van der Waals surface area contributed by atoms with Gasteiger partial charge in [0.05, 0.1) is 5.75 Å². The summed E-state index contributed by atoms with van der Waals surface area (Å²) in [7, 11) is 0. The third-order valence-corrected chi connectivity index (χ3v) is 4.09. The lowest BCUT2D eigenvalue weighted by Crippen LogP contribution is -2.39. The second kappa shape index (κ2) is 8.29. The molecule has 0 aliphatic heterocycles. The molecule has 1 rings (SSSR count). The Labute approximate surface area is 134 Å². The Morgan fingerprint density at radius 1 is 1.38 bits per heavy atom. The summed E-state index contributed by atoms with van der Waals surface area (Å²) in [5, 5.41) is 12.0. The Morgan fingerprint density at radius 2 is 2.10 bits per heavy atom. The highest BCUT2D eigenvalue weighted by Crippen LogP contribution is 2.23. The molecule has 0 aliphatic carbocycles. The molecular weight excluding hydrogens is 310 g/mol. The largest absolute Gasteiger partial charge is 0.481 e. The summed E-state index contributed by atoms with van der Waals surface area (Å²) in [4.78, 5) is 22.5. The number of rotatable bonds is 8. The minimum absolute atomic E-state index is 0.0431. The smallest absolute Gasteiger partial charge is 0.313 e. The summed E-state index contributed by atoms with van der Waals surface area (Å²) in [6, 6.07) is 7.48. The number of halogens is 1. The molecule has 2 N–H and O–H groups in total. The van der Waals surface area contributed by atoms with Crippen LogP contribution in [0.5, 0.6) is 0 Å². The molecule has 1 aromatic rings. The van der Waals surface area contributed by atoms with Crippen LogP contribution in [0.3, 0.4) is 0 Å². The molecule has 6 heteroatoms. The van der Waals surface area contributed by atoms with E-state index in [2.05, 4.69) is 5.32 Å². The molecule has 0 atom stereocenters. The lowest BCUT2D eigenvalue weighted by Gasteiger charge is -2.23.